The topological polar surface area (TPSA) is 73.6 Å². The van der Waals surface area contributed by atoms with Gasteiger partial charge < -0.3 is 15.3 Å². The molecule has 0 unspecified atom stereocenters. The molecule has 0 amide bonds. The maximum absolute atomic E-state index is 10.1. The van der Waals surface area contributed by atoms with Gasteiger partial charge in [-0.05, 0) is 158 Å². The first kappa shape index (κ1) is 27.5. The molecular formula is C35H35NO3. The fraction of sp³-hybridized carbons (Fsp3) is 0.171. The van der Waals surface area contributed by atoms with Crippen LogP contribution in [0.4, 0.5) is 0 Å². The number of phenolic OH excluding ortho intramolecular Hbond substituents is 3. The molecule has 3 N–H and O–H groups in total. The molecule has 0 bridgehead atoms. The van der Waals surface area contributed by atoms with Crippen molar-refractivity contribution < 1.29 is 15.3 Å². The van der Waals surface area contributed by atoms with Gasteiger partial charge in [0, 0.05) is 0 Å². The summed E-state index contributed by atoms with van der Waals surface area (Å²) in [7, 11) is 0. The van der Waals surface area contributed by atoms with E-state index in [2.05, 4.69) is 0 Å². The Bertz CT molecular complexity index is 1360. The summed E-state index contributed by atoms with van der Waals surface area (Å²) in [5.74, 6) is 0.976. The summed E-state index contributed by atoms with van der Waals surface area (Å²) < 4.78 is 0. The molecule has 4 rings (SSSR count). The van der Waals surface area contributed by atoms with Crippen molar-refractivity contribution in [2.75, 3.05) is 0 Å². The Morgan fingerprint density at radius 1 is 0.385 bits per heavy atom. The highest BCUT2D eigenvalue weighted by atomic mass is 16.3. The van der Waals surface area contributed by atoms with Crippen LogP contribution in [0.5, 0.6) is 17.2 Å². The molecule has 1 heterocycles. The average molecular weight is 518 g/mol. The first-order valence-corrected chi connectivity index (χ1v) is 13.0. The molecular weight excluding hydrogens is 482 g/mol. The summed E-state index contributed by atoms with van der Waals surface area (Å²) in [6.07, 6.45) is 12.0. The van der Waals surface area contributed by atoms with E-state index in [-0.39, 0.29) is 0 Å². The molecule has 0 saturated carbocycles. The highest BCUT2D eigenvalue weighted by Crippen LogP contribution is 2.27. The molecule has 0 radical (unpaired) electrons. The van der Waals surface area contributed by atoms with E-state index in [0.29, 0.717) is 17.2 Å². The smallest absolute Gasteiger partial charge is 0.121 e. The second-order valence-corrected chi connectivity index (χ2v) is 10.3. The van der Waals surface area contributed by atoms with Crippen molar-refractivity contribution in [2.45, 2.75) is 41.5 Å². The van der Waals surface area contributed by atoms with Crippen molar-refractivity contribution in [3.8, 4) is 17.2 Å². The summed E-state index contributed by atoms with van der Waals surface area (Å²) in [5, 5.41) is 30.3. The van der Waals surface area contributed by atoms with Crippen molar-refractivity contribution in [3.05, 3.63) is 116 Å². The number of phenols is 3. The molecule has 0 spiro atoms. The number of aromatic nitrogens is 1. The van der Waals surface area contributed by atoms with E-state index < -0.39 is 0 Å². The van der Waals surface area contributed by atoms with Gasteiger partial charge in [-0.2, -0.15) is 0 Å². The first-order valence-electron chi connectivity index (χ1n) is 13.0. The highest BCUT2D eigenvalue weighted by Gasteiger charge is 2.05. The van der Waals surface area contributed by atoms with E-state index in [0.717, 1.165) is 67.0 Å². The molecule has 0 atom stereocenters. The number of hydrogen-bond acceptors (Lipinski definition) is 4. The average Bonchev–Trinajstić information content (AvgIpc) is 2.89. The highest BCUT2D eigenvalue weighted by molar-refractivity contribution is 5.77. The van der Waals surface area contributed by atoms with E-state index in [1.807, 2.05) is 127 Å². The number of aromatic hydroxyl groups is 3. The quantitative estimate of drug-likeness (QED) is 0.239. The van der Waals surface area contributed by atoms with Crippen LogP contribution in [0.15, 0.2) is 48.5 Å². The first-order chi connectivity index (χ1) is 18.5. The Labute approximate surface area is 231 Å². The van der Waals surface area contributed by atoms with Gasteiger partial charge in [0.25, 0.3) is 0 Å². The normalized spacial score (nSPS) is 11.8. The van der Waals surface area contributed by atoms with Crippen LogP contribution < -0.4 is 0 Å². The monoisotopic (exact) mass is 517 g/mol. The standard InChI is InChI=1S/C35H35NO3/c1-21-13-27(14-22(2)33(21)37)7-8-30-19-31(11-9-28-15-23(3)34(38)24(4)16-28)36-32(20-30)12-10-29-17-25(5)35(39)26(6)18-29/h7-20,37-39H,1-6H3. The minimum Gasteiger partial charge on any atom is -0.507 e. The summed E-state index contributed by atoms with van der Waals surface area (Å²) >= 11 is 0. The number of aryl methyl sites for hydroxylation is 6. The number of rotatable bonds is 6. The Morgan fingerprint density at radius 3 is 0.897 bits per heavy atom. The molecule has 0 aliphatic heterocycles. The lowest BCUT2D eigenvalue weighted by Gasteiger charge is -2.06. The second kappa shape index (κ2) is 11.4. The van der Waals surface area contributed by atoms with Gasteiger partial charge in [-0.1, -0.05) is 24.3 Å². The van der Waals surface area contributed by atoms with Crippen LogP contribution in [0.2, 0.25) is 0 Å². The molecule has 1 aromatic heterocycles. The molecule has 0 aliphatic carbocycles. The predicted molar refractivity (Wildman–Crippen MR) is 164 cm³/mol. The maximum Gasteiger partial charge on any atom is 0.121 e. The summed E-state index contributed by atoms with van der Waals surface area (Å²) in [6.45, 7) is 11.4. The molecule has 4 heteroatoms. The van der Waals surface area contributed by atoms with Gasteiger partial charge >= 0.3 is 0 Å². The second-order valence-electron chi connectivity index (χ2n) is 10.3. The SMILES string of the molecule is Cc1cc(C=Cc2cc(C=Cc3cc(C)c(O)c(C)c3)nc(C=Cc3cc(C)c(O)c(C)c3)c2)cc(C)c1O. The predicted octanol–water partition coefficient (Wildman–Crippen LogP) is 8.56. The lowest BCUT2D eigenvalue weighted by molar-refractivity contribution is 0.466. The number of pyridine rings is 1. The third-order valence-corrected chi connectivity index (χ3v) is 6.79. The largest absolute Gasteiger partial charge is 0.507 e. The van der Waals surface area contributed by atoms with E-state index in [9.17, 15) is 15.3 Å². The fourth-order valence-corrected chi connectivity index (χ4v) is 4.68. The van der Waals surface area contributed by atoms with E-state index in [1.165, 1.54) is 0 Å². The third kappa shape index (κ3) is 6.66. The minimum absolute atomic E-state index is 0.323. The zero-order chi connectivity index (χ0) is 28.3. The Hall–Kier alpha value is -4.57. The Morgan fingerprint density at radius 2 is 0.615 bits per heavy atom. The molecule has 0 saturated heterocycles. The van der Waals surface area contributed by atoms with Crippen molar-refractivity contribution in [2.24, 2.45) is 0 Å². The van der Waals surface area contributed by atoms with Crippen LogP contribution in [-0.4, -0.2) is 20.3 Å². The lowest BCUT2D eigenvalue weighted by atomic mass is 10.0. The summed E-state index contributed by atoms with van der Waals surface area (Å²) in [4.78, 5) is 4.84. The van der Waals surface area contributed by atoms with Gasteiger partial charge in [-0.15, -0.1) is 0 Å². The molecule has 39 heavy (non-hydrogen) atoms. The summed E-state index contributed by atoms with van der Waals surface area (Å²) in [5.41, 5.74) is 10.6. The molecule has 0 fully saturated rings. The van der Waals surface area contributed by atoms with Crippen LogP contribution >= 0.6 is 0 Å². The van der Waals surface area contributed by atoms with Crippen LogP contribution in [0.25, 0.3) is 36.5 Å². The Kier molecular flexibility index (Phi) is 8.06. The van der Waals surface area contributed by atoms with Crippen LogP contribution in [0, 0.1) is 41.5 Å². The van der Waals surface area contributed by atoms with Gasteiger partial charge in [0.05, 0.1) is 11.4 Å². The maximum atomic E-state index is 10.1. The third-order valence-electron chi connectivity index (χ3n) is 6.79. The molecule has 0 aliphatic rings. The minimum atomic E-state index is 0.323. The fourth-order valence-electron chi connectivity index (χ4n) is 4.68. The number of benzene rings is 3. The van der Waals surface area contributed by atoms with E-state index >= 15 is 0 Å². The van der Waals surface area contributed by atoms with Crippen molar-refractivity contribution >= 4 is 36.5 Å². The van der Waals surface area contributed by atoms with Gasteiger partial charge in [0.2, 0.25) is 0 Å². The number of nitrogens with zero attached hydrogens (tertiary/aromatic N) is 1. The molecule has 3 aromatic carbocycles. The van der Waals surface area contributed by atoms with Gasteiger partial charge in [0.1, 0.15) is 17.2 Å². The van der Waals surface area contributed by atoms with Crippen LogP contribution in [0.1, 0.15) is 67.0 Å². The zero-order valence-electron chi connectivity index (χ0n) is 23.4. The molecule has 198 valence electrons. The summed E-state index contributed by atoms with van der Waals surface area (Å²) in [6, 6.07) is 15.8. The lowest BCUT2D eigenvalue weighted by Crippen LogP contribution is -1.89. The Balaban J connectivity index is 1.72. The number of hydrogen-bond donors (Lipinski definition) is 3. The van der Waals surface area contributed by atoms with E-state index in [1.54, 1.807) is 0 Å². The van der Waals surface area contributed by atoms with Gasteiger partial charge in [0.15, 0.2) is 0 Å². The van der Waals surface area contributed by atoms with Crippen LogP contribution in [0.3, 0.4) is 0 Å². The van der Waals surface area contributed by atoms with Gasteiger partial charge in [-0.3, -0.25) is 0 Å². The zero-order valence-corrected chi connectivity index (χ0v) is 23.4. The molecule has 4 aromatic rings. The van der Waals surface area contributed by atoms with Gasteiger partial charge in [-0.25, -0.2) is 4.98 Å². The van der Waals surface area contributed by atoms with E-state index in [4.69, 9.17) is 4.98 Å². The van der Waals surface area contributed by atoms with Crippen molar-refractivity contribution in [3.63, 3.8) is 0 Å². The molecule has 4 nitrogen and oxygen atoms in total. The van der Waals surface area contributed by atoms with Crippen molar-refractivity contribution in [1.29, 1.82) is 0 Å². The van der Waals surface area contributed by atoms with Crippen LogP contribution in [-0.2, 0) is 0 Å². The van der Waals surface area contributed by atoms with Crippen molar-refractivity contribution in [1.82, 2.24) is 4.98 Å².